The molecular formula is C11H24N2O. The van der Waals surface area contributed by atoms with Crippen LogP contribution in [-0.4, -0.2) is 38.9 Å². The molecule has 0 saturated carbocycles. The average Bonchev–Trinajstić information content (AvgIpc) is 2.63. The molecule has 1 fully saturated rings. The van der Waals surface area contributed by atoms with Crippen molar-refractivity contribution in [2.75, 3.05) is 32.8 Å². The lowest BCUT2D eigenvalue weighted by Crippen LogP contribution is -2.35. The first kappa shape index (κ1) is 12.0. The van der Waals surface area contributed by atoms with Gasteiger partial charge in [-0.2, -0.15) is 0 Å². The molecular weight excluding hydrogens is 176 g/mol. The Labute approximate surface area is 87.6 Å². The molecule has 1 saturated heterocycles. The lowest BCUT2D eigenvalue weighted by Gasteiger charge is -2.12. The van der Waals surface area contributed by atoms with Gasteiger partial charge in [-0.25, -0.2) is 0 Å². The molecule has 0 bridgehead atoms. The summed E-state index contributed by atoms with van der Waals surface area (Å²) in [5, 5.41) is 6.88. The molecule has 0 aliphatic carbocycles. The molecule has 14 heavy (non-hydrogen) atoms. The minimum Gasteiger partial charge on any atom is -0.380 e. The van der Waals surface area contributed by atoms with E-state index in [1.165, 1.54) is 19.4 Å². The highest BCUT2D eigenvalue weighted by atomic mass is 16.5. The van der Waals surface area contributed by atoms with E-state index in [0.29, 0.717) is 12.0 Å². The Bertz CT molecular complexity index is 133. The molecule has 1 unspecified atom stereocenters. The molecule has 0 aromatic carbocycles. The van der Waals surface area contributed by atoms with Crippen LogP contribution >= 0.6 is 0 Å². The van der Waals surface area contributed by atoms with Crippen LogP contribution in [0.15, 0.2) is 0 Å². The maximum Gasteiger partial charge on any atom is 0.0591 e. The van der Waals surface area contributed by atoms with Crippen LogP contribution in [0.1, 0.15) is 26.7 Å². The standard InChI is InChI=1S/C11H24N2O/c1-10(2)9-14-7-6-12-8-11-4-3-5-13-11/h10-13H,3-9H2,1-2H3. The fraction of sp³-hybridized carbons (Fsp3) is 1.00. The van der Waals surface area contributed by atoms with Crippen LogP contribution in [0.4, 0.5) is 0 Å². The molecule has 0 aromatic heterocycles. The van der Waals surface area contributed by atoms with E-state index in [4.69, 9.17) is 4.74 Å². The molecule has 0 aromatic rings. The van der Waals surface area contributed by atoms with Crippen molar-refractivity contribution in [3.05, 3.63) is 0 Å². The summed E-state index contributed by atoms with van der Waals surface area (Å²) in [6, 6.07) is 0.695. The molecule has 3 nitrogen and oxygen atoms in total. The molecule has 1 rings (SSSR count). The Hall–Kier alpha value is -0.120. The summed E-state index contributed by atoms with van der Waals surface area (Å²) in [7, 11) is 0. The molecule has 0 spiro atoms. The minimum absolute atomic E-state index is 0.645. The summed E-state index contributed by atoms with van der Waals surface area (Å²) in [6.07, 6.45) is 2.65. The van der Waals surface area contributed by atoms with Crippen molar-refractivity contribution in [1.82, 2.24) is 10.6 Å². The Morgan fingerprint density at radius 3 is 3.00 bits per heavy atom. The van der Waals surface area contributed by atoms with Gasteiger partial charge in [0.2, 0.25) is 0 Å². The summed E-state index contributed by atoms with van der Waals surface area (Å²) in [6.45, 7) is 9.33. The summed E-state index contributed by atoms with van der Waals surface area (Å²) in [5.74, 6) is 0.645. The van der Waals surface area contributed by atoms with Gasteiger partial charge >= 0.3 is 0 Å². The lowest BCUT2D eigenvalue weighted by molar-refractivity contribution is 0.111. The second kappa shape index (κ2) is 7.21. The zero-order chi connectivity index (χ0) is 10.2. The van der Waals surface area contributed by atoms with E-state index in [-0.39, 0.29) is 0 Å². The monoisotopic (exact) mass is 200 g/mol. The molecule has 1 atom stereocenters. The van der Waals surface area contributed by atoms with Gasteiger partial charge in [0, 0.05) is 25.7 Å². The van der Waals surface area contributed by atoms with Crippen LogP contribution in [0.3, 0.4) is 0 Å². The van der Waals surface area contributed by atoms with Gasteiger partial charge in [-0.15, -0.1) is 0 Å². The molecule has 0 amide bonds. The van der Waals surface area contributed by atoms with E-state index >= 15 is 0 Å². The van der Waals surface area contributed by atoms with Crippen molar-refractivity contribution in [3.63, 3.8) is 0 Å². The molecule has 1 heterocycles. The second-order valence-corrected chi connectivity index (χ2v) is 4.47. The quantitative estimate of drug-likeness (QED) is 0.602. The van der Waals surface area contributed by atoms with Gasteiger partial charge in [0.1, 0.15) is 0 Å². The van der Waals surface area contributed by atoms with Crippen molar-refractivity contribution >= 4 is 0 Å². The fourth-order valence-corrected chi connectivity index (χ4v) is 1.67. The van der Waals surface area contributed by atoms with E-state index in [9.17, 15) is 0 Å². The summed E-state index contributed by atoms with van der Waals surface area (Å²) >= 11 is 0. The smallest absolute Gasteiger partial charge is 0.0591 e. The van der Waals surface area contributed by atoms with Crippen LogP contribution in [0.25, 0.3) is 0 Å². The highest BCUT2D eigenvalue weighted by molar-refractivity contribution is 4.75. The Kier molecular flexibility index (Phi) is 6.15. The van der Waals surface area contributed by atoms with Crippen molar-refractivity contribution < 1.29 is 4.74 Å². The lowest BCUT2D eigenvalue weighted by atomic mass is 10.2. The van der Waals surface area contributed by atoms with Crippen molar-refractivity contribution in [2.45, 2.75) is 32.7 Å². The zero-order valence-corrected chi connectivity index (χ0v) is 9.51. The maximum atomic E-state index is 5.48. The first-order chi connectivity index (χ1) is 6.79. The van der Waals surface area contributed by atoms with Crippen LogP contribution in [-0.2, 0) is 4.74 Å². The van der Waals surface area contributed by atoms with Gasteiger partial charge in [-0.1, -0.05) is 13.8 Å². The van der Waals surface area contributed by atoms with E-state index in [0.717, 1.165) is 26.3 Å². The molecule has 3 heteroatoms. The molecule has 2 N–H and O–H groups in total. The normalized spacial score (nSPS) is 22.1. The van der Waals surface area contributed by atoms with Gasteiger partial charge in [-0.3, -0.25) is 0 Å². The molecule has 84 valence electrons. The summed E-state index contributed by atoms with van der Waals surface area (Å²) in [5.41, 5.74) is 0. The number of nitrogens with one attached hydrogen (secondary N) is 2. The van der Waals surface area contributed by atoms with Crippen molar-refractivity contribution in [3.8, 4) is 0 Å². The van der Waals surface area contributed by atoms with Crippen molar-refractivity contribution in [2.24, 2.45) is 5.92 Å². The highest BCUT2D eigenvalue weighted by Crippen LogP contribution is 2.02. The molecule has 1 aliphatic rings. The molecule has 1 aliphatic heterocycles. The van der Waals surface area contributed by atoms with Crippen LogP contribution < -0.4 is 10.6 Å². The van der Waals surface area contributed by atoms with Gasteiger partial charge in [0.05, 0.1) is 6.61 Å². The van der Waals surface area contributed by atoms with Gasteiger partial charge in [0.25, 0.3) is 0 Å². The topological polar surface area (TPSA) is 33.3 Å². The number of ether oxygens (including phenoxy) is 1. The third kappa shape index (κ3) is 5.58. The predicted octanol–water partition coefficient (Wildman–Crippen LogP) is 1.00. The van der Waals surface area contributed by atoms with Crippen LogP contribution in [0.2, 0.25) is 0 Å². The van der Waals surface area contributed by atoms with E-state index < -0.39 is 0 Å². The first-order valence-corrected chi connectivity index (χ1v) is 5.81. The Morgan fingerprint density at radius 2 is 2.36 bits per heavy atom. The Morgan fingerprint density at radius 1 is 1.50 bits per heavy atom. The van der Waals surface area contributed by atoms with Gasteiger partial charge in [-0.05, 0) is 25.3 Å². The number of rotatable bonds is 7. The third-order valence-corrected chi connectivity index (χ3v) is 2.43. The predicted molar refractivity (Wildman–Crippen MR) is 59.6 cm³/mol. The summed E-state index contributed by atoms with van der Waals surface area (Å²) < 4.78 is 5.48. The van der Waals surface area contributed by atoms with E-state index in [2.05, 4.69) is 24.5 Å². The third-order valence-electron chi connectivity index (χ3n) is 2.43. The largest absolute Gasteiger partial charge is 0.380 e. The summed E-state index contributed by atoms with van der Waals surface area (Å²) in [4.78, 5) is 0. The average molecular weight is 200 g/mol. The minimum atomic E-state index is 0.645. The van der Waals surface area contributed by atoms with Gasteiger partial charge < -0.3 is 15.4 Å². The number of hydrogen-bond donors (Lipinski definition) is 2. The fourth-order valence-electron chi connectivity index (χ4n) is 1.67. The zero-order valence-electron chi connectivity index (χ0n) is 9.51. The van der Waals surface area contributed by atoms with Gasteiger partial charge in [0.15, 0.2) is 0 Å². The first-order valence-electron chi connectivity index (χ1n) is 5.81. The highest BCUT2D eigenvalue weighted by Gasteiger charge is 2.12. The maximum absolute atomic E-state index is 5.48. The van der Waals surface area contributed by atoms with Crippen molar-refractivity contribution in [1.29, 1.82) is 0 Å². The second-order valence-electron chi connectivity index (χ2n) is 4.47. The molecule has 0 radical (unpaired) electrons. The SMILES string of the molecule is CC(C)COCCNCC1CCCN1. The van der Waals surface area contributed by atoms with E-state index in [1.54, 1.807) is 0 Å². The number of hydrogen-bond acceptors (Lipinski definition) is 3. The van der Waals surface area contributed by atoms with Crippen LogP contribution in [0.5, 0.6) is 0 Å². The Balaban J connectivity index is 1.79. The van der Waals surface area contributed by atoms with Crippen LogP contribution in [0, 0.1) is 5.92 Å². The van der Waals surface area contributed by atoms with E-state index in [1.807, 2.05) is 0 Å².